The molecule has 0 aromatic heterocycles. The molecule has 16 heavy (non-hydrogen) atoms. The molecule has 0 radical (unpaired) electrons. The predicted octanol–water partition coefficient (Wildman–Crippen LogP) is 3.53. The van der Waals surface area contributed by atoms with E-state index in [1.54, 1.807) is 12.1 Å². The Bertz CT molecular complexity index is 368. The molecule has 2 nitrogen and oxygen atoms in total. The van der Waals surface area contributed by atoms with E-state index in [0.29, 0.717) is 5.71 Å². The smallest absolute Gasteiger partial charge is 0.123 e. The molecule has 0 aliphatic carbocycles. The molecule has 0 bridgehead atoms. The standard InChI is InChI=1S/C13H16FNO/c1-3-4-5-6-13(15-16-2)11-7-9-12(14)10-8-11/h5-10H,3-4H2,1-2H3/b6-5+,15-13+. The highest BCUT2D eigenvalue weighted by Gasteiger charge is 2.00. The minimum absolute atomic E-state index is 0.252. The molecule has 0 saturated heterocycles. The molecule has 0 atom stereocenters. The lowest BCUT2D eigenvalue weighted by Crippen LogP contribution is -1.97. The van der Waals surface area contributed by atoms with Gasteiger partial charge in [0.25, 0.3) is 0 Å². The zero-order chi connectivity index (χ0) is 11.8. The molecule has 0 fully saturated rings. The van der Waals surface area contributed by atoms with E-state index in [-0.39, 0.29) is 5.82 Å². The first-order chi connectivity index (χ1) is 7.77. The Morgan fingerprint density at radius 2 is 2.06 bits per heavy atom. The monoisotopic (exact) mass is 221 g/mol. The maximum absolute atomic E-state index is 12.8. The van der Waals surface area contributed by atoms with E-state index in [1.807, 2.05) is 12.2 Å². The first-order valence-electron chi connectivity index (χ1n) is 5.31. The van der Waals surface area contributed by atoms with Crippen LogP contribution >= 0.6 is 0 Å². The van der Waals surface area contributed by atoms with Crippen molar-refractivity contribution >= 4 is 5.71 Å². The summed E-state index contributed by atoms with van der Waals surface area (Å²) >= 11 is 0. The average molecular weight is 221 g/mol. The van der Waals surface area contributed by atoms with Crippen LogP contribution in [0.3, 0.4) is 0 Å². The van der Waals surface area contributed by atoms with E-state index in [2.05, 4.69) is 12.1 Å². The lowest BCUT2D eigenvalue weighted by molar-refractivity contribution is 0.214. The highest BCUT2D eigenvalue weighted by Crippen LogP contribution is 2.06. The fourth-order valence-electron chi connectivity index (χ4n) is 1.26. The van der Waals surface area contributed by atoms with Gasteiger partial charge in [-0.15, -0.1) is 0 Å². The van der Waals surface area contributed by atoms with Crippen molar-refractivity contribution in [1.82, 2.24) is 0 Å². The second-order valence-electron chi connectivity index (χ2n) is 3.36. The Labute approximate surface area is 95.4 Å². The fraction of sp³-hybridized carbons (Fsp3) is 0.308. The van der Waals surface area contributed by atoms with E-state index in [9.17, 15) is 4.39 Å². The van der Waals surface area contributed by atoms with Crippen LogP contribution in [0.5, 0.6) is 0 Å². The normalized spacial score (nSPS) is 12.1. The molecular formula is C13H16FNO. The minimum Gasteiger partial charge on any atom is -0.399 e. The van der Waals surface area contributed by atoms with Gasteiger partial charge in [-0.3, -0.25) is 0 Å². The SMILES string of the molecule is CCC/C=C/C(=N\OC)c1ccc(F)cc1. The van der Waals surface area contributed by atoms with Gasteiger partial charge in [-0.1, -0.05) is 24.6 Å². The number of hydrogen-bond acceptors (Lipinski definition) is 2. The maximum Gasteiger partial charge on any atom is 0.123 e. The van der Waals surface area contributed by atoms with Crippen LogP contribution in [-0.4, -0.2) is 12.8 Å². The summed E-state index contributed by atoms with van der Waals surface area (Å²) in [5.41, 5.74) is 1.55. The molecule has 1 aromatic carbocycles. The van der Waals surface area contributed by atoms with Gasteiger partial charge in [0.2, 0.25) is 0 Å². The van der Waals surface area contributed by atoms with Crippen molar-refractivity contribution < 1.29 is 9.23 Å². The van der Waals surface area contributed by atoms with Crippen LogP contribution in [0.2, 0.25) is 0 Å². The van der Waals surface area contributed by atoms with Crippen LogP contribution in [-0.2, 0) is 4.84 Å². The van der Waals surface area contributed by atoms with Gasteiger partial charge in [-0.2, -0.15) is 0 Å². The summed E-state index contributed by atoms with van der Waals surface area (Å²) < 4.78 is 12.8. The summed E-state index contributed by atoms with van der Waals surface area (Å²) in [5.74, 6) is -0.252. The van der Waals surface area contributed by atoms with E-state index < -0.39 is 0 Å². The van der Waals surface area contributed by atoms with Gasteiger partial charge in [-0.25, -0.2) is 4.39 Å². The summed E-state index contributed by atoms with van der Waals surface area (Å²) in [6.45, 7) is 2.11. The number of allylic oxidation sites excluding steroid dienone is 2. The summed E-state index contributed by atoms with van der Waals surface area (Å²) in [4.78, 5) is 4.76. The Kier molecular flexibility index (Phi) is 5.26. The van der Waals surface area contributed by atoms with Gasteiger partial charge in [0, 0.05) is 5.56 Å². The van der Waals surface area contributed by atoms with E-state index in [1.165, 1.54) is 19.2 Å². The van der Waals surface area contributed by atoms with Crippen LogP contribution in [0.15, 0.2) is 41.6 Å². The highest BCUT2D eigenvalue weighted by atomic mass is 19.1. The van der Waals surface area contributed by atoms with E-state index in [4.69, 9.17) is 4.84 Å². The van der Waals surface area contributed by atoms with Crippen molar-refractivity contribution in [3.63, 3.8) is 0 Å². The Morgan fingerprint density at radius 1 is 1.38 bits per heavy atom. The molecule has 0 aliphatic heterocycles. The molecule has 0 heterocycles. The molecule has 0 saturated carbocycles. The highest BCUT2D eigenvalue weighted by molar-refractivity contribution is 6.08. The van der Waals surface area contributed by atoms with Crippen molar-refractivity contribution in [2.75, 3.05) is 7.11 Å². The van der Waals surface area contributed by atoms with E-state index in [0.717, 1.165) is 18.4 Å². The second kappa shape index (κ2) is 6.77. The third kappa shape index (κ3) is 3.85. The third-order valence-electron chi connectivity index (χ3n) is 2.06. The molecule has 1 aromatic rings. The van der Waals surface area contributed by atoms with Crippen LogP contribution in [0.1, 0.15) is 25.3 Å². The Balaban J connectivity index is 2.86. The first-order valence-corrected chi connectivity index (χ1v) is 5.31. The van der Waals surface area contributed by atoms with Gasteiger partial charge in [0.1, 0.15) is 18.6 Å². The summed E-state index contributed by atoms with van der Waals surface area (Å²) in [5, 5.41) is 3.90. The molecular weight excluding hydrogens is 205 g/mol. The van der Waals surface area contributed by atoms with Gasteiger partial charge >= 0.3 is 0 Å². The average Bonchev–Trinajstić information content (AvgIpc) is 2.29. The first kappa shape index (κ1) is 12.4. The maximum atomic E-state index is 12.8. The number of nitrogens with zero attached hydrogens (tertiary/aromatic N) is 1. The lowest BCUT2D eigenvalue weighted by atomic mass is 10.1. The Morgan fingerprint density at radius 3 is 2.62 bits per heavy atom. The molecule has 86 valence electrons. The van der Waals surface area contributed by atoms with Gasteiger partial charge in [0.05, 0.1) is 0 Å². The van der Waals surface area contributed by atoms with Crippen molar-refractivity contribution in [2.24, 2.45) is 5.16 Å². The van der Waals surface area contributed by atoms with Crippen LogP contribution in [0.4, 0.5) is 4.39 Å². The topological polar surface area (TPSA) is 21.6 Å². The van der Waals surface area contributed by atoms with Crippen LogP contribution < -0.4 is 0 Å². The van der Waals surface area contributed by atoms with E-state index >= 15 is 0 Å². The molecule has 3 heteroatoms. The summed E-state index contributed by atoms with van der Waals surface area (Å²) in [6, 6.07) is 6.19. The number of unbranched alkanes of at least 4 members (excludes halogenated alkanes) is 1. The molecule has 0 spiro atoms. The zero-order valence-corrected chi connectivity index (χ0v) is 9.61. The lowest BCUT2D eigenvalue weighted by Gasteiger charge is -2.00. The van der Waals surface area contributed by atoms with Crippen LogP contribution in [0, 0.1) is 5.82 Å². The molecule has 0 unspecified atom stereocenters. The predicted molar refractivity (Wildman–Crippen MR) is 64.0 cm³/mol. The van der Waals surface area contributed by atoms with Gasteiger partial charge in [0.15, 0.2) is 0 Å². The number of halogens is 1. The van der Waals surface area contributed by atoms with Crippen LogP contribution in [0.25, 0.3) is 0 Å². The Hall–Kier alpha value is -1.64. The third-order valence-corrected chi connectivity index (χ3v) is 2.06. The number of oxime groups is 1. The molecule has 0 N–H and O–H groups in total. The number of benzene rings is 1. The van der Waals surface area contributed by atoms with Crippen molar-refractivity contribution in [2.45, 2.75) is 19.8 Å². The van der Waals surface area contributed by atoms with Gasteiger partial charge in [-0.05, 0) is 36.8 Å². The number of hydrogen-bond donors (Lipinski definition) is 0. The van der Waals surface area contributed by atoms with Crippen molar-refractivity contribution in [1.29, 1.82) is 0 Å². The quantitative estimate of drug-likeness (QED) is 0.550. The second-order valence-corrected chi connectivity index (χ2v) is 3.36. The number of rotatable bonds is 5. The van der Waals surface area contributed by atoms with Gasteiger partial charge < -0.3 is 4.84 Å². The molecule has 0 amide bonds. The molecule has 1 rings (SSSR count). The minimum atomic E-state index is -0.252. The summed E-state index contributed by atoms with van der Waals surface area (Å²) in [7, 11) is 1.50. The summed E-state index contributed by atoms with van der Waals surface area (Å²) in [6.07, 6.45) is 5.99. The zero-order valence-electron chi connectivity index (χ0n) is 9.61. The van der Waals surface area contributed by atoms with Crippen molar-refractivity contribution in [3.05, 3.63) is 47.8 Å². The fourth-order valence-corrected chi connectivity index (χ4v) is 1.26. The molecule has 0 aliphatic rings. The van der Waals surface area contributed by atoms with Crippen molar-refractivity contribution in [3.8, 4) is 0 Å². The largest absolute Gasteiger partial charge is 0.399 e.